The highest BCUT2D eigenvalue weighted by atomic mass is 35.5. The number of methoxy groups -OCH3 is 1. The normalized spacial score (nSPS) is 21.2. The first-order valence-electron chi connectivity index (χ1n) is 7.05. The Morgan fingerprint density at radius 1 is 0.947 bits per heavy atom. The third kappa shape index (κ3) is 2.98. The first-order valence-corrected chi connectivity index (χ1v) is 7.05. The summed E-state index contributed by atoms with van der Waals surface area (Å²) in [5, 5.41) is 0. The van der Waals surface area contributed by atoms with Crippen molar-refractivity contribution in [2.75, 3.05) is 51.3 Å². The van der Waals surface area contributed by atoms with Crippen molar-refractivity contribution in [2.45, 2.75) is 12.8 Å². The van der Waals surface area contributed by atoms with E-state index in [2.05, 4.69) is 29.2 Å². The van der Waals surface area contributed by atoms with Crippen molar-refractivity contribution in [3.63, 3.8) is 0 Å². The molecule has 0 aromatic heterocycles. The molecule has 0 saturated carbocycles. The van der Waals surface area contributed by atoms with Crippen molar-refractivity contribution in [2.24, 2.45) is 0 Å². The van der Waals surface area contributed by atoms with Crippen LogP contribution < -0.4 is 22.0 Å². The summed E-state index contributed by atoms with van der Waals surface area (Å²) in [6, 6.07) is 8.48. The van der Waals surface area contributed by atoms with Crippen LogP contribution in [0.3, 0.4) is 0 Å². The molecule has 0 bridgehead atoms. The second kappa shape index (κ2) is 6.02. The molecule has 2 aliphatic rings. The zero-order valence-corrected chi connectivity index (χ0v) is 12.4. The third-order valence-electron chi connectivity index (χ3n) is 4.64. The van der Waals surface area contributed by atoms with Crippen LogP contribution in [-0.4, -0.2) is 50.9 Å². The molecule has 1 spiro atoms. The fraction of sp³-hybridized carbons (Fsp3) is 0.600. The summed E-state index contributed by atoms with van der Waals surface area (Å²) in [5.41, 5.74) is 1.34. The van der Waals surface area contributed by atoms with Crippen LogP contribution in [0.5, 0.6) is 5.75 Å². The Morgan fingerprint density at radius 3 is 2.05 bits per heavy atom. The van der Waals surface area contributed by atoms with Crippen LogP contribution in [0.15, 0.2) is 24.3 Å². The Kier molecular flexibility index (Phi) is 4.58. The molecule has 0 atom stereocenters. The number of piperazine rings is 1. The molecule has 2 aliphatic heterocycles. The van der Waals surface area contributed by atoms with Gasteiger partial charge in [0.25, 0.3) is 0 Å². The molecule has 3 nitrogen and oxygen atoms in total. The van der Waals surface area contributed by atoms with Gasteiger partial charge in [-0.1, -0.05) is 0 Å². The average Bonchev–Trinajstić information content (AvgIpc) is 2.88. The number of rotatable bonds is 2. The highest BCUT2D eigenvalue weighted by molar-refractivity contribution is 5.49. The van der Waals surface area contributed by atoms with Crippen LogP contribution in [0.2, 0.25) is 0 Å². The van der Waals surface area contributed by atoms with E-state index in [1.807, 2.05) is 0 Å². The molecular weight excluding hydrogens is 260 g/mol. The van der Waals surface area contributed by atoms with E-state index in [9.17, 15) is 0 Å². The lowest BCUT2D eigenvalue weighted by atomic mass is 10.2. The van der Waals surface area contributed by atoms with Crippen molar-refractivity contribution in [1.29, 1.82) is 0 Å². The number of halogens is 1. The molecular formula is C15H23ClN2O. The predicted octanol–water partition coefficient (Wildman–Crippen LogP) is -0.870. The second-order valence-corrected chi connectivity index (χ2v) is 5.63. The van der Waals surface area contributed by atoms with E-state index in [1.54, 1.807) is 7.11 Å². The van der Waals surface area contributed by atoms with Crippen LogP contribution >= 0.6 is 0 Å². The van der Waals surface area contributed by atoms with Gasteiger partial charge in [0.2, 0.25) is 0 Å². The first kappa shape index (κ1) is 14.5. The number of benzene rings is 1. The van der Waals surface area contributed by atoms with Crippen LogP contribution in [0.4, 0.5) is 5.69 Å². The highest BCUT2D eigenvalue weighted by Crippen LogP contribution is 2.26. The molecule has 0 unspecified atom stereocenters. The minimum Gasteiger partial charge on any atom is -1.00 e. The number of quaternary nitrogens is 1. The Bertz CT molecular complexity index is 391. The molecule has 2 fully saturated rings. The Morgan fingerprint density at radius 2 is 1.53 bits per heavy atom. The molecule has 106 valence electrons. The zero-order chi connectivity index (χ0) is 12.4. The van der Waals surface area contributed by atoms with E-state index >= 15 is 0 Å². The number of ether oxygens (including phenoxy) is 1. The lowest BCUT2D eigenvalue weighted by Gasteiger charge is -2.42. The van der Waals surface area contributed by atoms with E-state index < -0.39 is 0 Å². The van der Waals surface area contributed by atoms with Gasteiger partial charge in [-0.2, -0.15) is 0 Å². The monoisotopic (exact) mass is 282 g/mol. The topological polar surface area (TPSA) is 12.5 Å². The van der Waals surface area contributed by atoms with Crippen molar-refractivity contribution in [1.82, 2.24) is 0 Å². The van der Waals surface area contributed by atoms with Crippen LogP contribution in [0.25, 0.3) is 0 Å². The van der Waals surface area contributed by atoms with Crippen LogP contribution in [0, 0.1) is 0 Å². The molecule has 4 heteroatoms. The van der Waals surface area contributed by atoms with E-state index in [-0.39, 0.29) is 12.4 Å². The highest BCUT2D eigenvalue weighted by Gasteiger charge is 2.35. The maximum absolute atomic E-state index is 5.21. The molecule has 2 saturated heterocycles. The minimum absolute atomic E-state index is 0. The van der Waals surface area contributed by atoms with Crippen LogP contribution in [0.1, 0.15) is 12.8 Å². The van der Waals surface area contributed by atoms with Gasteiger partial charge in [0.05, 0.1) is 46.4 Å². The van der Waals surface area contributed by atoms with Gasteiger partial charge in [0.1, 0.15) is 5.75 Å². The number of hydrogen-bond donors (Lipinski definition) is 0. The van der Waals surface area contributed by atoms with Gasteiger partial charge in [-0.25, -0.2) is 0 Å². The van der Waals surface area contributed by atoms with E-state index in [1.165, 1.54) is 62.3 Å². The standard InChI is InChI=1S/C15H23N2O.ClH/c1-18-15-6-4-14(5-7-15)16-8-12-17(13-9-16)10-2-3-11-17;/h4-7H,2-3,8-13H2,1H3;1H/q+1;/p-1. The summed E-state index contributed by atoms with van der Waals surface area (Å²) in [7, 11) is 1.72. The van der Waals surface area contributed by atoms with Gasteiger partial charge in [0.15, 0.2) is 0 Å². The predicted molar refractivity (Wildman–Crippen MR) is 74.2 cm³/mol. The maximum atomic E-state index is 5.21. The summed E-state index contributed by atoms with van der Waals surface area (Å²) in [5.74, 6) is 0.943. The summed E-state index contributed by atoms with van der Waals surface area (Å²) in [4.78, 5) is 2.52. The molecule has 1 aromatic carbocycles. The third-order valence-corrected chi connectivity index (χ3v) is 4.64. The maximum Gasteiger partial charge on any atom is 0.119 e. The van der Waals surface area contributed by atoms with E-state index in [4.69, 9.17) is 4.74 Å². The van der Waals surface area contributed by atoms with Crippen molar-refractivity contribution >= 4 is 5.69 Å². The number of hydrogen-bond acceptors (Lipinski definition) is 2. The lowest BCUT2D eigenvalue weighted by molar-refractivity contribution is -0.917. The second-order valence-electron chi connectivity index (χ2n) is 5.63. The summed E-state index contributed by atoms with van der Waals surface area (Å²) >= 11 is 0. The Labute approximate surface area is 122 Å². The fourth-order valence-corrected chi connectivity index (χ4v) is 3.39. The number of nitrogens with zero attached hydrogens (tertiary/aromatic N) is 2. The quantitative estimate of drug-likeness (QED) is 0.654. The fourth-order valence-electron chi connectivity index (χ4n) is 3.39. The Hall–Kier alpha value is -0.930. The van der Waals surface area contributed by atoms with Gasteiger partial charge < -0.3 is 26.5 Å². The Balaban J connectivity index is 0.00000133. The molecule has 1 aromatic rings. The average molecular weight is 283 g/mol. The minimum atomic E-state index is 0. The largest absolute Gasteiger partial charge is 1.00 e. The SMILES string of the molecule is COc1ccc(N2CC[N+]3(CCCC3)CC2)cc1.[Cl-]. The van der Waals surface area contributed by atoms with Crippen molar-refractivity contribution in [3.05, 3.63) is 24.3 Å². The number of anilines is 1. The van der Waals surface area contributed by atoms with E-state index in [0.29, 0.717) is 0 Å². The summed E-state index contributed by atoms with van der Waals surface area (Å²) in [6.07, 6.45) is 2.87. The molecule has 3 rings (SSSR count). The summed E-state index contributed by atoms with van der Waals surface area (Å²) < 4.78 is 6.59. The lowest BCUT2D eigenvalue weighted by Crippen LogP contribution is -3.00. The summed E-state index contributed by atoms with van der Waals surface area (Å²) in [6.45, 7) is 7.88. The smallest absolute Gasteiger partial charge is 0.119 e. The van der Waals surface area contributed by atoms with E-state index in [0.717, 1.165) is 5.75 Å². The van der Waals surface area contributed by atoms with Gasteiger partial charge in [-0.05, 0) is 24.3 Å². The molecule has 0 aliphatic carbocycles. The molecule has 0 amide bonds. The van der Waals surface area contributed by atoms with Crippen molar-refractivity contribution in [3.8, 4) is 5.75 Å². The molecule has 19 heavy (non-hydrogen) atoms. The first-order chi connectivity index (χ1) is 8.81. The van der Waals surface area contributed by atoms with Crippen LogP contribution in [-0.2, 0) is 0 Å². The van der Waals surface area contributed by atoms with Gasteiger partial charge in [-0.3, -0.25) is 0 Å². The molecule has 2 heterocycles. The van der Waals surface area contributed by atoms with Crippen molar-refractivity contribution < 1.29 is 21.6 Å². The molecule has 0 N–H and O–H groups in total. The van der Waals surface area contributed by atoms with Gasteiger partial charge in [0, 0.05) is 18.5 Å². The molecule has 0 radical (unpaired) electrons. The van der Waals surface area contributed by atoms with Gasteiger partial charge in [-0.15, -0.1) is 0 Å². The van der Waals surface area contributed by atoms with Gasteiger partial charge >= 0.3 is 0 Å². The zero-order valence-electron chi connectivity index (χ0n) is 11.6.